The van der Waals surface area contributed by atoms with Gasteiger partial charge in [-0.1, -0.05) is 11.6 Å². The van der Waals surface area contributed by atoms with Gasteiger partial charge in [-0.25, -0.2) is 0 Å². The van der Waals surface area contributed by atoms with E-state index in [1.165, 1.54) is 0 Å². The zero-order valence-electron chi connectivity index (χ0n) is 4.48. The summed E-state index contributed by atoms with van der Waals surface area (Å²) in [5.74, 6) is 0. The van der Waals surface area contributed by atoms with Crippen LogP contribution in [0, 0.1) is 0 Å². The zero-order chi connectivity index (χ0) is 5.70. The third kappa shape index (κ3) is 6.21. The zero-order valence-corrected chi connectivity index (χ0v) is 5.23. The molecule has 0 bridgehead atoms. The average Bonchev–Trinajstić information content (AvgIpc) is 1.61. The van der Waals surface area contributed by atoms with E-state index in [2.05, 4.69) is 4.74 Å². The summed E-state index contributed by atoms with van der Waals surface area (Å²) in [6.07, 6.45) is 0. The van der Waals surface area contributed by atoms with Gasteiger partial charge in [-0.05, 0) is 6.92 Å². The molecule has 1 atom stereocenters. The van der Waals surface area contributed by atoms with Gasteiger partial charge in [-0.15, -0.1) is 0 Å². The molecule has 2 nitrogen and oxygen atoms in total. The van der Waals surface area contributed by atoms with Gasteiger partial charge in [0.15, 0.2) is 0 Å². The van der Waals surface area contributed by atoms with Crippen LogP contribution < -0.4 is 0 Å². The first kappa shape index (κ1) is 7.21. The second-order valence-corrected chi connectivity index (χ2v) is 1.73. The van der Waals surface area contributed by atoms with Crippen molar-refractivity contribution in [3.05, 3.63) is 0 Å². The molecule has 0 heterocycles. The van der Waals surface area contributed by atoms with Crippen molar-refractivity contribution in [1.29, 1.82) is 0 Å². The molecule has 0 N–H and O–H groups in total. The van der Waals surface area contributed by atoms with E-state index in [0.717, 1.165) is 0 Å². The van der Waals surface area contributed by atoms with Gasteiger partial charge < -0.3 is 9.47 Å². The molecular weight excluding hydrogens is 115 g/mol. The fourth-order valence-electron chi connectivity index (χ4n) is 0.162. The maximum absolute atomic E-state index is 5.35. The minimum absolute atomic E-state index is 0.250. The van der Waals surface area contributed by atoms with E-state index in [9.17, 15) is 0 Å². The van der Waals surface area contributed by atoms with Gasteiger partial charge in [0.2, 0.25) is 0 Å². The van der Waals surface area contributed by atoms with Crippen molar-refractivity contribution < 1.29 is 9.47 Å². The summed E-state index contributed by atoms with van der Waals surface area (Å²) in [6.45, 7) is 2.01. The summed E-state index contributed by atoms with van der Waals surface area (Å²) >= 11 is 5.35. The molecule has 0 aliphatic heterocycles. The van der Waals surface area contributed by atoms with Crippen LogP contribution in [-0.2, 0) is 9.47 Å². The molecule has 0 aliphatic rings. The van der Waals surface area contributed by atoms with Gasteiger partial charge in [-0.3, -0.25) is 0 Å². The number of hydrogen-bond donors (Lipinski definition) is 0. The fourth-order valence-corrected chi connectivity index (χ4v) is 0.213. The van der Waals surface area contributed by atoms with Crippen LogP contribution in [0.1, 0.15) is 6.92 Å². The normalized spacial score (nSPS) is 14.1. The third-order valence-electron chi connectivity index (χ3n) is 0.416. The van der Waals surface area contributed by atoms with E-state index in [1.807, 2.05) is 0 Å². The summed E-state index contributed by atoms with van der Waals surface area (Å²) in [4.78, 5) is 0. The molecule has 0 fully saturated rings. The molecule has 0 saturated heterocycles. The van der Waals surface area contributed by atoms with Gasteiger partial charge >= 0.3 is 0 Å². The quantitative estimate of drug-likeness (QED) is 0.416. The smallest absolute Gasteiger partial charge is 0.148 e. The molecule has 0 spiro atoms. The number of alkyl halides is 1. The van der Waals surface area contributed by atoms with Crippen LogP contribution in [0.15, 0.2) is 0 Å². The van der Waals surface area contributed by atoms with Crippen molar-refractivity contribution in [3.63, 3.8) is 0 Å². The topological polar surface area (TPSA) is 18.5 Å². The van der Waals surface area contributed by atoms with Crippen LogP contribution in [0.4, 0.5) is 0 Å². The van der Waals surface area contributed by atoms with E-state index >= 15 is 0 Å². The first-order chi connectivity index (χ1) is 3.27. The number of methoxy groups -OCH3 is 1. The second-order valence-electron chi connectivity index (χ2n) is 1.12. The number of hydrogen-bond acceptors (Lipinski definition) is 2. The lowest BCUT2D eigenvalue weighted by atomic mass is 10.9. The highest BCUT2D eigenvalue weighted by Gasteiger charge is 1.89. The predicted octanol–water partition coefficient (Wildman–Crippen LogP) is 1.19. The Hall–Kier alpha value is 0.210. The Morgan fingerprint density at radius 1 is 1.71 bits per heavy atom. The Bertz CT molecular complexity index is 38.7. The first-order valence-electron chi connectivity index (χ1n) is 2.02. The van der Waals surface area contributed by atoms with Crippen LogP contribution in [-0.4, -0.2) is 19.5 Å². The minimum atomic E-state index is -0.250. The largest absolute Gasteiger partial charge is 0.359 e. The monoisotopic (exact) mass is 124 g/mol. The molecule has 0 saturated carbocycles. The molecule has 1 unspecified atom stereocenters. The first-order valence-corrected chi connectivity index (χ1v) is 2.45. The Balaban J connectivity index is 2.68. The van der Waals surface area contributed by atoms with Crippen LogP contribution in [0.5, 0.6) is 0 Å². The second kappa shape index (κ2) is 4.37. The molecule has 0 rings (SSSR count). The van der Waals surface area contributed by atoms with Crippen LogP contribution in [0.2, 0.25) is 0 Å². The third-order valence-corrected chi connectivity index (χ3v) is 0.542. The lowest BCUT2D eigenvalue weighted by Crippen LogP contribution is -2.01. The SMILES string of the molecule is COCOC(C)Cl. The number of halogens is 1. The van der Waals surface area contributed by atoms with Gasteiger partial charge in [0.25, 0.3) is 0 Å². The molecular formula is C4H9ClO2. The molecule has 44 valence electrons. The molecule has 7 heavy (non-hydrogen) atoms. The Morgan fingerprint density at radius 2 is 2.29 bits per heavy atom. The Labute approximate surface area is 48.4 Å². The van der Waals surface area contributed by atoms with Gasteiger partial charge in [0, 0.05) is 7.11 Å². The van der Waals surface area contributed by atoms with Gasteiger partial charge in [0.05, 0.1) is 0 Å². The van der Waals surface area contributed by atoms with Crippen LogP contribution in [0.3, 0.4) is 0 Å². The maximum Gasteiger partial charge on any atom is 0.148 e. The van der Waals surface area contributed by atoms with Crippen molar-refractivity contribution in [2.45, 2.75) is 12.5 Å². The van der Waals surface area contributed by atoms with E-state index < -0.39 is 0 Å². The summed E-state index contributed by atoms with van der Waals surface area (Å²) < 4.78 is 9.28. The maximum atomic E-state index is 5.35. The van der Waals surface area contributed by atoms with E-state index in [1.54, 1.807) is 14.0 Å². The van der Waals surface area contributed by atoms with Gasteiger partial charge in [-0.2, -0.15) is 0 Å². The molecule has 3 heteroatoms. The highest BCUT2D eigenvalue weighted by molar-refractivity contribution is 6.19. The average molecular weight is 125 g/mol. The van der Waals surface area contributed by atoms with Crippen LogP contribution in [0.25, 0.3) is 0 Å². The van der Waals surface area contributed by atoms with E-state index in [0.29, 0.717) is 0 Å². The van der Waals surface area contributed by atoms with Crippen molar-refractivity contribution in [2.24, 2.45) is 0 Å². The lowest BCUT2D eigenvalue weighted by Gasteiger charge is -2.01. The predicted molar refractivity (Wildman–Crippen MR) is 28.3 cm³/mol. The number of ether oxygens (including phenoxy) is 2. The number of rotatable bonds is 3. The van der Waals surface area contributed by atoms with Crippen molar-refractivity contribution in [3.8, 4) is 0 Å². The molecule has 0 aromatic heterocycles. The van der Waals surface area contributed by atoms with Gasteiger partial charge in [0.1, 0.15) is 12.4 Å². The standard InChI is InChI=1S/C4H9ClO2/c1-4(5)7-3-6-2/h4H,3H2,1-2H3. The van der Waals surface area contributed by atoms with Crippen molar-refractivity contribution >= 4 is 11.6 Å². The molecule has 0 amide bonds. The van der Waals surface area contributed by atoms with Crippen molar-refractivity contribution in [1.82, 2.24) is 0 Å². The van der Waals surface area contributed by atoms with Crippen LogP contribution >= 0.6 is 11.6 Å². The molecule has 0 radical (unpaired) electrons. The highest BCUT2D eigenvalue weighted by Crippen LogP contribution is 1.93. The molecule has 0 aromatic carbocycles. The lowest BCUT2D eigenvalue weighted by molar-refractivity contribution is -0.0389. The van der Waals surface area contributed by atoms with E-state index in [4.69, 9.17) is 16.3 Å². The Morgan fingerprint density at radius 3 is 2.43 bits per heavy atom. The summed E-state index contributed by atoms with van der Waals surface area (Å²) in [5.41, 5.74) is -0.250. The molecule has 0 aromatic rings. The summed E-state index contributed by atoms with van der Waals surface area (Å²) in [7, 11) is 1.55. The summed E-state index contributed by atoms with van der Waals surface area (Å²) in [5, 5.41) is 0. The fraction of sp³-hybridized carbons (Fsp3) is 1.00. The summed E-state index contributed by atoms with van der Waals surface area (Å²) in [6, 6.07) is 0. The highest BCUT2D eigenvalue weighted by atomic mass is 35.5. The minimum Gasteiger partial charge on any atom is -0.359 e. The molecule has 0 aliphatic carbocycles. The van der Waals surface area contributed by atoms with E-state index in [-0.39, 0.29) is 12.4 Å². The van der Waals surface area contributed by atoms with Crippen molar-refractivity contribution in [2.75, 3.05) is 13.9 Å². The Kier molecular flexibility index (Phi) is 4.50.